The SMILES string of the molecule is Cc1cc(C(N)=O)ccc1NC(=O)[C@@H]1CC(c2ccc(Cl)s2)=NO1. The molecule has 124 valence electrons. The Kier molecular flexibility index (Phi) is 4.55. The van der Waals surface area contributed by atoms with E-state index >= 15 is 0 Å². The van der Waals surface area contributed by atoms with Crippen LogP contribution in [0.4, 0.5) is 5.69 Å². The molecular formula is C16H14ClN3O3S. The zero-order valence-corrected chi connectivity index (χ0v) is 14.3. The highest BCUT2D eigenvalue weighted by atomic mass is 35.5. The molecule has 6 nitrogen and oxygen atoms in total. The number of nitrogens with zero attached hydrogens (tertiary/aromatic N) is 1. The highest BCUT2D eigenvalue weighted by Gasteiger charge is 2.29. The Morgan fingerprint density at radius 1 is 1.38 bits per heavy atom. The van der Waals surface area contributed by atoms with Crippen molar-refractivity contribution in [2.45, 2.75) is 19.4 Å². The first-order valence-electron chi connectivity index (χ1n) is 7.14. The predicted octanol–water partition coefficient (Wildman–Crippen LogP) is 2.94. The summed E-state index contributed by atoms with van der Waals surface area (Å²) < 4.78 is 0.658. The van der Waals surface area contributed by atoms with Crippen LogP contribution in [0.15, 0.2) is 35.5 Å². The third-order valence-electron chi connectivity index (χ3n) is 3.59. The minimum Gasteiger partial charge on any atom is -0.382 e. The largest absolute Gasteiger partial charge is 0.382 e. The molecule has 0 radical (unpaired) electrons. The summed E-state index contributed by atoms with van der Waals surface area (Å²) in [6.45, 7) is 1.78. The van der Waals surface area contributed by atoms with Crippen LogP contribution in [0.25, 0.3) is 0 Å². The lowest BCUT2D eigenvalue weighted by molar-refractivity contribution is -0.125. The first-order valence-corrected chi connectivity index (χ1v) is 8.33. The average molecular weight is 364 g/mol. The maximum atomic E-state index is 12.3. The van der Waals surface area contributed by atoms with Crippen LogP contribution in [0.1, 0.15) is 27.2 Å². The van der Waals surface area contributed by atoms with Gasteiger partial charge in [0.15, 0.2) is 0 Å². The van der Waals surface area contributed by atoms with E-state index in [4.69, 9.17) is 22.2 Å². The molecule has 8 heteroatoms. The van der Waals surface area contributed by atoms with Gasteiger partial charge >= 0.3 is 0 Å². The van der Waals surface area contributed by atoms with Gasteiger partial charge in [0.2, 0.25) is 12.0 Å². The number of hydrogen-bond acceptors (Lipinski definition) is 5. The van der Waals surface area contributed by atoms with Gasteiger partial charge < -0.3 is 15.9 Å². The van der Waals surface area contributed by atoms with Crippen molar-refractivity contribution in [3.8, 4) is 0 Å². The molecule has 0 fully saturated rings. The quantitative estimate of drug-likeness (QED) is 0.874. The van der Waals surface area contributed by atoms with Crippen molar-refractivity contribution in [3.63, 3.8) is 0 Å². The van der Waals surface area contributed by atoms with Crippen LogP contribution in [0.3, 0.4) is 0 Å². The van der Waals surface area contributed by atoms with E-state index in [0.29, 0.717) is 27.7 Å². The molecule has 2 amide bonds. The number of thiophene rings is 1. The normalized spacial score (nSPS) is 16.4. The second-order valence-electron chi connectivity index (χ2n) is 5.32. The molecule has 3 N–H and O–H groups in total. The Labute approximate surface area is 147 Å². The number of oxime groups is 1. The summed E-state index contributed by atoms with van der Waals surface area (Å²) in [4.78, 5) is 29.6. The van der Waals surface area contributed by atoms with Gasteiger partial charge in [0.1, 0.15) is 5.71 Å². The van der Waals surface area contributed by atoms with E-state index in [9.17, 15) is 9.59 Å². The van der Waals surface area contributed by atoms with E-state index in [-0.39, 0.29) is 5.91 Å². The number of carbonyl (C=O) groups is 2. The van der Waals surface area contributed by atoms with Crippen molar-refractivity contribution in [2.75, 3.05) is 5.32 Å². The number of nitrogens with one attached hydrogen (secondary N) is 1. The molecule has 0 unspecified atom stereocenters. The average Bonchev–Trinajstić information content (AvgIpc) is 3.17. The molecule has 1 aromatic heterocycles. The Balaban J connectivity index is 1.65. The van der Waals surface area contributed by atoms with Crippen LogP contribution in [0.2, 0.25) is 4.34 Å². The summed E-state index contributed by atoms with van der Waals surface area (Å²) in [6.07, 6.45) is -0.322. The number of rotatable bonds is 4. The number of benzene rings is 1. The fourth-order valence-corrected chi connectivity index (χ4v) is 3.34. The number of amides is 2. The molecule has 1 aromatic carbocycles. The van der Waals surface area contributed by atoms with Crippen molar-refractivity contribution in [2.24, 2.45) is 10.9 Å². The van der Waals surface area contributed by atoms with Gasteiger partial charge in [-0.25, -0.2) is 0 Å². The van der Waals surface area contributed by atoms with Gasteiger partial charge in [-0.1, -0.05) is 16.8 Å². The molecule has 2 aromatic rings. The number of primary amides is 1. The standard InChI is InChI=1S/C16H14ClN3O3S/c1-8-6-9(15(18)21)2-3-10(8)19-16(22)12-7-11(20-23-12)13-4-5-14(17)24-13/h2-6,12H,7H2,1H3,(H2,18,21)(H,19,22)/t12-/m0/s1. The summed E-state index contributed by atoms with van der Waals surface area (Å²) >= 11 is 7.30. The van der Waals surface area contributed by atoms with E-state index in [2.05, 4.69) is 10.5 Å². The van der Waals surface area contributed by atoms with Crippen molar-refractivity contribution in [3.05, 3.63) is 50.7 Å². The number of halogens is 1. The minimum atomic E-state index is -0.698. The van der Waals surface area contributed by atoms with Crippen molar-refractivity contribution >= 4 is 46.2 Å². The van der Waals surface area contributed by atoms with Crippen molar-refractivity contribution in [1.29, 1.82) is 0 Å². The zero-order valence-electron chi connectivity index (χ0n) is 12.7. The molecule has 1 aliphatic heterocycles. The summed E-state index contributed by atoms with van der Waals surface area (Å²) in [6, 6.07) is 8.46. The lowest BCUT2D eigenvalue weighted by Crippen LogP contribution is -2.28. The third-order valence-corrected chi connectivity index (χ3v) is 4.87. The summed E-state index contributed by atoms with van der Waals surface area (Å²) in [5.41, 5.74) is 7.67. The molecule has 1 aliphatic rings. The van der Waals surface area contributed by atoms with Crippen molar-refractivity contribution < 1.29 is 14.4 Å². The second-order valence-corrected chi connectivity index (χ2v) is 7.04. The Bertz CT molecular complexity index is 847. The van der Waals surface area contributed by atoms with Crippen LogP contribution in [0, 0.1) is 6.92 Å². The number of anilines is 1. The lowest BCUT2D eigenvalue weighted by Gasteiger charge is -2.12. The van der Waals surface area contributed by atoms with Crippen LogP contribution >= 0.6 is 22.9 Å². The summed E-state index contributed by atoms with van der Waals surface area (Å²) in [5.74, 6) is -0.811. The predicted molar refractivity (Wildman–Crippen MR) is 93.7 cm³/mol. The molecule has 0 saturated carbocycles. The summed E-state index contributed by atoms with van der Waals surface area (Å²) in [5, 5.41) is 6.75. The van der Waals surface area contributed by atoms with E-state index in [1.54, 1.807) is 31.2 Å². The zero-order chi connectivity index (χ0) is 17.3. The number of nitrogens with two attached hydrogens (primary N) is 1. The molecule has 0 aliphatic carbocycles. The van der Waals surface area contributed by atoms with Gasteiger partial charge in [-0.3, -0.25) is 9.59 Å². The molecule has 2 heterocycles. The first kappa shape index (κ1) is 16.5. The van der Waals surface area contributed by atoms with Gasteiger partial charge in [-0.05, 0) is 42.8 Å². The lowest BCUT2D eigenvalue weighted by atomic mass is 10.1. The molecule has 0 spiro atoms. The fourth-order valence-electron chi connectivity index (χ4n) is 2.30. The van der Waals surface area contributed by atoms with Gasteiger partial charge in [-0.15, -0.1) is 11.3 Å². The van der Waals surface area contributed by atoms with E-state index < -0.39 is 12.0 Å². The maximum Gasteiger partial charge on any atom is 0.268 e. The topological polar surface area (TPSA) is 93.8 Å². The van der Waals surface area contributed by atoms with Gasteiger partial charge in [-0.2, -0.15) is 0 Å². The van der Waals surface area contributed by atoms with E-state index in [1.165, 1.54) is 11.3 Å². The molecule has 0 saturated heterocycles. The summed E-state index contributed by atoms with van der Waals surface area (Å²) in [7, 11) is 0. The Morgan fingerprint density at radius 2 is 2.17 bits per heavy atom. The number of aryl methyl sites for hydroxylation is 1. The van der Waals surface area contributed by atoms with Gasteiger partial charge in [0, 0.05) is 17.7 Å². The highest BCUT2D eigenvalue weighted by molar-refractivity contribution is 7.18. The number of carbonyl (C=O) groups excluding carboxylic acids is 2. The fraction of sp³-hybridized carbons (Fsp3) is 0.188. The van der Waals surface area contributed by atoms with Crippen LogP contribution < -0.4 is 11.1 Å². The maximum absolute atomic E-state index is 12.3. The second kappa shape index (κ2) is 6.62. The number of hydrogen-bond donors (Lipinski definition) is 2. The van der Waals surface area contributed by atoms with Gasteiger partial charge in [0.25, 0.3) is 5.91 Å². The smallest absolute Gasteiger partial charge is 0.268 e. The third kappa shape index (κ3) is 3.42. The monoisotopic (exact) mass is 363 g/mol. The molecule has 3 rings (SSSR count). The molecule has 1 atom stereocenters. The molecule has 24 heavy (non-hydrogen) atoms. The first-order chi connectivity index (χ1) is 11.4. The van der Waals surface area contributed by atoms with Crippen LogP contribution in [-0.4, -0.2) is 23.6 Å². The van der Waals surface area contributed by atoms with Crippen LogP contribution in [-0.2, 0) is 9.63 Å². The highest BCUT2D eigenvalue weighted by Crippen LogP contribution is 2.27. The van der Waals surface area contributed by atoms with Crippen LogP contribution in [0.5, 0.6) is 0 Å². The Morgan fingerprint density at radius 3 is 2.79 bits per heavy atom. The van der Waals surface area contributed by atoms with Gasteiger partial charge in [0.05, 0.1) is 9.21 Å². The van der Waals surface area contributed by atoms with E-state index in [0.717, 1.165) is 10.4 Å². The molecule has 0 bridgehead atoms. The van der Waals surface area contributed by atoms with Crippen molar-refractivity contribution in [1.82, 2.24) is 0 Å². The molecular weight excluding hydrogens is 350 g/mol. The van der Waals surface area contributed by atoms with E-state index in [1.807, 2.05) is 6.07 Å². The minimum absolute atomic E-state index is 0.300. The Hall–Kier alpha value is -2.38.